The van der Waals surface area contributed by atoms with E-state index in [2.05, 4.69) is 38.6 Å². The summed E-state index contributed by atoms with van der Waals surface area (Å²) >= 11 is 0. The van der Waals surface area contributed by atoms with Crippen LogP contribution in [-0.2, 0) is 0 Å². The number of hydrogen-bond acceptors (Lipinski definition) is 2. The van der Waals surface area contributed by atoms with E-state index in [9.17, 15) is 0 Å². The van der Waals surface area contributed by atoms with E-state index in [-0.39, 0.29) is 0 Å². The summed E-state index contributed by atoms with van der Waals surface area (Å²) in [6, 6.07) is 1.30. The first-order chi connectivity index (χ1) is 5.70. The van der Waals surface area contributed by atoms with Gasteiger partial charge in [-0.2, -0.15) is 0 Å². The molecule has 2 nitrogen and oxygen atoms in total. The molecule has 12 heavy (non-hydrogen) atoms. The van der Waals surface area contributed by atoms with Gasteiger partial charge in [-0.05, 0) is 38.8 Å². The molecule has 0 aliphatic heterocycles. The van der Waals surface area contributed by atoms with Crippen molar-refractivity contribution >= 4 is 0 Å². The van der Waals surface area contributed by atoms with Gasteiger partial charge in [-0.3, -0.25) is 0 Å². The lowest BCUT2D eigenvalue weighted by Crippen LogP contribution is -2.54. The third-order valence-corrected chi connectivity index (χ3v) is 3.36. The van der Waals surface area contributed by atoms with Crippen molar-refractivity contribution in [3.8, 4) is 0 Å². The van der Waals surface area contributed by atoms with Crippen LogP contribution in [-0.4, -0.2) is 26.2 Å². The van der Waals surface area contributed by atoms with Crippen molar-refractivity contribution in [3.63, 3.8) is 0 Å². The summed E-state index contributed by atoms with van der Waals surface area (Å²) in [6.07, 6.45) is 2.73. The van der Waals surface area contributed by atoms with Gasteiger partial charge in [0.15, 0.2) is 0 Å². The van der Waals surface area contributed by atoms with Crippen LogP contribution in [0.15, 0.2) is 0 Å². The summed E-state index contributed by atoms with van der Waals surface area (Å²) in [7, 11) is 4.15. The van der Waals surface area contributed by atoms with Crippen molar-refractivity contribution in [1.29, 1.82) is 0 Å². The Morgan fingerprint density at radius 3 is 1.42 bits per heavy atom. The van der Waals surface area contributed by atoms with Crippen LogP contribution in [0.1, 0.15) is 26.7 Å². The van der Waals surface area contributed by atoms with Crippen molar-refractivity contribution in [2.24, 2.45) is 11.8 Å². The van der Waals surface area contributed by atoms with E-state index in [1.54, 1.807) is 0 Å². The molecule has 1 rings (SSSR count). The minimum absolute atomic E-state index is 0.652. The third-order valence-electron chi connectivity index (χ3n) is 3.36. The fourth-order valence-corrected chi connectivity index (χ4v) is 2.52. The van der Waals surface area contributed by atoms with Crippen LogP contribution < -0.4 is 10.6 Å². The van der Waals surface area contributed by atoms with E-state index in [1.807, 2.05) is 0 Å². The quantitative estimate of drug-likeness (QED) is 0.651. The number of nitrogens with one attached hydrogen (secondary N) is 2. The maximum atomic E-state index is 3.42. The van der Waals surface area contributed by atoms with Crippen molar-refractivity contribution in [2.75, 3.05) is 14.1 Å². The van der Waals surface area contributed by atoms with E-state index in [0.717, 1.165) is 11.8 Å². The molecular weight excluding hydrogens is 148 g/mol. The number of hydrogen-bond donors (Lipinski definition) is 2. The molecule has 0 heterocycles. The first kappa shape index (κ1) is 10.0. The van der Waals surface area contributed by atoms with Crippen molar-refractivity contribution < 1.29 is 0 Å². The zero-order chi connectivity index (χ0) is 9.14. The topological polar surface area (TPSA) is 24.1 Å². The molecule has 0 bridgehead atoms. The Hall–Kier alpha value is -0.0800. The van der Waals surface area contributed by atoms with Gasteiger partial charge in [0.1, 0.15) is 0 Å². The Bertz CT molecular complexity index is 120. The first-order valence-electron chi connectivity index (χ1n) is 5.05. The second kappa shape index (κ2) is 4.24. The summed E-state index contributed by atoms with van der Waals surface area (Å²) in [5, 5.41) is 6.85. The average molecular weight is 170 g/mol. The smallest absolute Gasteiger partial charge is 0.0246 e. The molecule has 0 aromatic carbocycles. The Morgan fingerprint density at radius 2 is 1.17 bits per heavy atom. The van der Waals surface area contributed by atoms with Crippen LogP contribution in [0.3, 0.4) is 0 Å². The standard InChI is InChI=1S/C10H22N2/c1-7-5-6-8(2)10(12-4)9(7)11-3/h7-12H,5-6H2,1-4H3. The Kier molecular flexibility index (Phi) is 3.53. The van der Waals surface area contributed by atoms with Gasteiger partial charge in [0.05, 0.1) is 0 Å². The Balaban J connectivity index is 2.61. The van der Waals surface area contributed by atoms with E-state index in [4.69, 9.17) is 0 Å². The highest BCUT2D eigenvalue weighted by atomic mass is 15.0. The second-order valence-electron chi connectivity index (χ2n) is 4.16. The highest BCUT2D eigenvalue weighted by molar-refractivity contribution is 4.92. The zero-order valence-corrected chi connectivity index (χ0v) is 8.72. The first-order valence-corrected chi connectivity index (χ1v) is 5.05. The molecule has 1 aliphatic rings. The van der Waals surface area contributed by atoms with Crippen LogP contribution in [0.2, 0.25) is 0 Å². The largest absolute Gasteiger partial charge is 0.315 e. The lowest BCUT2D eigenvalue weighted by Gasteiger charge is -2.40. The summed E-state index contributed by atoms with van der Waals surface area (Å²) in [5.74, 6) is 1.62. The lowest BCUT2D eigenvalue weighted by molar-refractivity contribution is 0.178. The summed E-state index contributed by atoms with van der Waals surface area (Å²) in [4.78, 5) is 0. The molecule has 2 heteroatoms. The molecule has 2 N–H and O–H groups in total. The average Bonchev–Trinajstić information content (AvgIpc) is 2.08. The van der Waals surface area contributed by atoms with Crippen molar-refractivity contribution in [3.05, 3.63) is 0 Å². The van der Waals surface area contributed by atoms with Gasteiger partial charge in [0, 0.05) is 12.1 Å². The van der Waals surface area contributed by atoms with Gasteiger partial charge in [-0.15, -0.1) is 0 Å². The molecule has 4 unspecified atom stereocenters. The Morgan fingerprint density at radius 1 is 0.833 bits per heavy atom. The van der Waals surface area contributed by atoms with E-state index >= 15 is 0 Å². The van der Waals surface area contributed by atoms with Gasteiger partial charge in [-0.25, -0.2) is 0 Å². The predicted octanol–water partition coefficient (Wildman–Crippen LogP) is 1.23. The van der Waals surface area contributed by atoms with Crippen molar-refractivity contribution in [1.82, 2.24) is 10.6 Å². The van der Waals surface area contributed by atoms with Crippen LogP contribution >= 0.6 is 0 Å². The lowest BCUT2D eigenvalue weighted by atomic mass is 9.76. The fraction of sp³-hybridized carbons (Fsp3) is 1.00. The van der Waals surface area contributed by atoms with Crippen LogP contribution in [0.4, 0.5) is 0 Å². The molecular formula is C10H22N2. The molecule has 0 spiro atoms. The van der Waals surface area contributed by atoms with E-state index < -0.39 is 0 Å². The molecule has 4 atom stereocenters. The third kappa shape index (κ3) is 1.80. The van der Waals surface area contributed by atoms with Gasteiger partial charge < -0.3 is 10.6 Å². The van der Waals surface area contributed by atoms with Crippen LogP contribution in [0, 0.1) is 11.8 Å². The second-order valence-corrected chi connectivity index (χ2v) is 4.16. The Labute approximate surface area is 76.1 Å². The normalized spacial score (nSPS) is 43.0. The minimum atomic E-state index is 0.652. The predicted molar refractivity (Wildman–Crippen MR) is 53.3 cm³/mol. The molecule has 1 saturated carbocycles. The molecule has 1 aliphatic carbocycles. The zero-order valence-electron chi connectivity index (χ0n) is 8.72. The monoisotopic (exact) mass is 170 g/mol. The highest BCUT2D eigenvalue weighted by Gasteiger charge is 2.32. The highest BCUT2D eigenvalue weighted by Crippen LogP contribution is 2.28. The fourth-order valence-electron chi connectivity index (χ4n) is 2.52. The SMILES string of the molecule is CNC1C(C)CCC(C)C1NC. The number of likely N-dealkylation sites (N-methyl/N-ethyl adjacent to an activating group) is 2. The van der Waals surface area contributed by atoms with Crippen LogP contribution in [0.5, 0.6) is 0 Å². The molecule has 0 amide bonds. The van der Waals surface area contributed by atoms with Crippen molar-refractivity contribution in [2.45, 2.75) is 38.8 Å². The maximum absolute atomic E-state index is 3.42. The number of rotatable bonds is 2. The molecule has 0 aromatic rings. The van der Waals surface area contributed by atoms with Gasteiger partial charge in [0.25, 0.3) is 0 Å². The summed E-state index contributed by atoms with van der Waals surface area (Å²) < 4.78 is 0. The van der Waals surface area contributed by atoms with Gasteiger partial charge in [-0.1, -0.05) is 13.8 Å². The molecule has 0 radical (unpaired) electrons. The summed E-state index contributed by atoms with van der Waals surface area (Å²) in [5.41, 5.74) is 0. The van der Waals surface area contributed by atoms with E-state index in [1.165, 1.54) is 12.8 Å². The minimum Gasteiger partial charge on any atom is -0.315 e. The van der Waals surface area contributed by atoms with E-state index in [0.29, 0.717) is 12.1 Å². The molecule has 0 saturated heterocycles. The molecule has 0 aromatic heterocycles. The summed E-state index contributed by atoms with van der Waals surface area (Å²) in [6.45, 7) is 4.69. The van der Waals surface area contributed by atoms with Gasteiger partial charge in [0.2, 0.25) is 0 Å². The van der Waals surface area contributed by atoms with Crippen LogP contribution in [0.25, 0.3) is 0 Å². The molecule has 72 valence electrons. The molecule has 1 fully saturated rings. The van der Waals surface area contributed by atoms with Gasteiger partial charge >= 0.3 is 0 Å². The maximum Gasteiger partial charge on any atom is 0.0246 e.